The Bertz CT molecular complexity index is 850. The van der Waals surface area contributed by atoms with Crippen LogP contribution in [0, 0.1) is 6.92 Å². The summed E-state index contributed by atoms with van der Waals surface area (Å²) in [5, 5.41) is 6.71. The first-order valence-electron chi connectivity index (χ1n) is 6.57. The van der Waals surface area contributed by atoms with Gasteiger partial charge < -0.3 is 5.32 Å². The number of thioether (sulfide) groups is 1. The van der Waals surface area contributed by atoms with E-state index in [1.807, 2.05) is 6.92 Å². The molecule has 0 unspecified atom stereocenters. The van der Waals surface area contributed by atoms with E-state index in [0.29, 0.717) is 28.1 Å². The van der Waals surface area contributed by atoms with Gasteiger partial charge in [0.15, 0.2) is 0 Å². The summed E-state index contributed by atoms with van der Waals surface area (Å²) < 4.78 is 26.0. The van der Waals surface area contributed by atoms with Gasteiger partial charge in [0.1, 0.15) is 0 Å². The minimum atomic E-state index is -2.48. The third-order valence-corrected chi connectivity index (χ3v) is 3.69. The number of carbonyl (C=O) groups is 1. The number of carbonyl (C=O) groups excluding carboxylic acids is 1. The Morgan fingerprint density at radius 3 is 2.65 bits per heavy atom. The van der Waals surface area contributed by atoms with Crippen molar-refractivity contribution in [1.29, 1.82) is 0 Å². The van der Waals surface area contributed by atoms with Crippen LogP contribution in [0.4, 0.5) is 14.5 Å². The number of halogens is 2. The van der Waals surface area contributed by atoms with Gasteiger partial charge in [0, 0.05) is 22.5 Å². The minimum Gasteiger partial charge on any atom is -0.319 e. The summed E-state index contributed by atoms with van der Waals surface area (Å²) in [7, 11) is 0. The monoisotopic (exact) mass is 335 g/mol. The van der Waals surface area contributed by atoms with Crippen molar-refractivity contribution in [3.63, 3.8) is 0 Å². The molecule has 0 atom stereocenters. The quantitative estimate of drug-likeness (QED) is 0.742. The molecule has 3 aromatic rings. The summed E-state index contributed by atoms with van der Waals surface area (Å²) in [5.41, 5.74) is 1.27. The average Bonchev–Trinajstić information content (AvgIpc) is 2.94. The van der Waals surface area contributed by atoms with Crippen LogP contribution in [0.15, 0.2) is 41.4 Å². The van der Waals surface area contributed by atoms with E-state index in [2.05, 4.69) is 20.4 Å². The van der Waals surface area contributed by atoms with Crippen molar-refractivity contribution in [2.75, 3.05) is 5.32 Å². The van der Waals surface area contributed by atoms with E-state index < -0.39 is 11.7 Å². The van der Waals surface area contributed by atoms with Crippen molar-refractivity contribution in [2.24, 2.45) is 0 Å². The van der Waals surface area contributed by atoms with E-state index in [1.54, 1.807) is 24.4 Å². The zero-order chi connectivity index (χ0) is 16.4. The average molecular weight is 335 g/mol. The standard InChI is InChI=1S/C14H11F2N5OS/c1-8-6-7-17-14-19-11(20-21(8)14)12(22)18-9-2-4-10(5-3-9)23-13(15)16/h2-7,13H,1H3,(H,18,22). The summed E-state index contributed by atoms with van der Waals surface area (Å²) in [6.45, 7) is 1.82. The number of nitrogens with zero attached hydrogens (tertiary/aromatic N) is 4. The Balaban J connectivity index is 1.76. The summed E-state index contributed by atoms with van der Waals surface area (Å²) in [6.07, 6.45) is 1.58. The SMILES string of the molecule is Cc1ccnc2nc(C(=O)Nc3ccc(SC(F)F)cc3)nn12. The number of hydrogen-bond donors (Lipinski definition) is 1. The van der Waals surface area contributed by atoms with Crippen LogP contribution in [0.1, 0.15) is 16.3 Å². The van der Waals surface area contributed by atoms with Gasteiger partial charge in [0.2, 0.25) is 5.82 Å². The van der Waals surface area contributed by atoms with Crippen LogP contribution in [-0.2, 0) is 0 Å². The van der Waals surface area contributed by atoms with E-state index >= 15 is 0 Å². The van der Waals surface area contributed by atoms with Gasteiger partial charge in [-0.05, 0) is 37.3 Å². The third-order valence-electron chi connectivity index (χ3n) is 2.97. The summed E-state index contributed by atoms with van der Waals surface area (Å²) in [4.78, 5) is 20.7. The van der Waals surface area contributed by atoms with E-state index in [-0.39, 0.29) is 5.82 Å². The topological polar surface area (TPSA) is 72.2 Å². The fourth-order valence-electron chi connectivity index (χ4n) is 1.91. The Hall–Kier alpha value is -2.55. The molecule has 9 heteroatoms. The van der Waals surface area contributed by atoms with Gasteiger partial charge in [0.05, 0.1) is 0 Å². The molecule has 6 nitrogen and oxygen atoms in total. The largest absolute Gasteiger partial charge is 0.319 e. The lowest BCUT2D eigenvalue weighted by molar-refractivity contribution is 0.101. The van der Waals surface area contributed by atoms with Crippen molar-refractivity contribution >= 4 is 29.1 Å². The molecule has 0 spiro atoms. The van der Waals surface area contributed by atoms with Crippen molar-refractivity contribution in [1.82, 2.24) is 19.6 Å². The Labute approximate surface area is 133 Å². The van der Waals surface area contributed by atoms with Crippen LogP contribution in [0.2, 0.25) is 0 Å². The fraction of sp³-hybridized carbons (Fsp3) is 0.143. The van der Waals surface area contributed by atoms with Gasteiger partial charge >= 0.3 is 0 Å². The van der Waals surface area contributed by atoms with Gasteiger partial charge in [-0.25, -0.2) is 9.50 Å². The molecule has 1 aromatic carbocycles. The molecule has 0 saturated carbocycles. The number of anilines is 1. The molecule has 0 aliphatic heterocycles. The predicted molar refractivity (Wildman–Crippen MR) is 81.8 cm³/mol. The minimum absolute atomic E-state index is 0.0159. The zero-order valence-electron chi connectivity index (χ0n) is 11.9. The molecule has 23 heavy (non-hydrogen) atoms. The van der Waals surface area contributed by atoms with E-state index in [4.69, 9.17) is 0 Å². The van der Waals surface area contributed by atoms with Gasteiger partial charge in [-0.2, -0.15) is 13.8 Å². The van der Waals surface area contributed by atoms with Crippen LogP contribution in [0.25, 0.3) is 5.78 Å². The predicted octanol–water partition coefficient (Wildman–Crippen LogP) is 3.00. The smallest absolute Gasteiger partial charge is 0.295 e. The number of fused-ring (bicyclic) bond motifs is 1. The molecule has 0 aliphatic carbocycles. The number of nitrogens with one attached hydrogen (secondary N) is 1. The molecule has 3 rings (SSSR count). The fourth-order valence-corrected chi connectivity index (χ4v) is 2.41. The number of benzene rings is 1. The van der Waals surface area contributed by atoms with Crippen LogP contribution in [0.5, 0.6) is 0 Å². The molecule has 0 fully saturated rings. The van der Waals surface area contributed by atoms with Crippen LogP contribution < -0.4 is 5.32 Å². The Morgan fingerprint density at radius 2 is 2.00 bits per heavy atom. The number of rotatable bonds is 4. The van der Waals surface area contributed by atoms with Gasteiger partial charge in [0.25, 0.3) is 17.4 Å². The summed E-state index contributed by atoms with van der Waals surface area (Å²) in [5.74, 6) is -2.66. The maximum atomic E-state index is 12.3. The van der Waals surface area contributed by atoms with Crippen molar-refractivity contribution in [3.8, 4) is 0 Å². The molecule has 1 amide bonds. The lowest BCUT2D eigenvalue weighted by Crippen LogP contribution is -2.14. The highest BCUT2D eigenvalue weighted by molar-refractivity contribution is 7.99. The lowest BCUT2D eigenvalue weighted by atomic mass is 10.3. The van der Waals surface area contributed by atoms with Crippen LogP contribution >= 0.6 is 11.8 Å². The molecule has 2 aromatic heterocycles. The van der Waals surface area contributed by atoms with Crippen LogP contribution in [-0.4, -0.2) is 31.2 Å². The zero-order valence-corrected chi connectivity index (χ0v) is 12.7. The molecule has 0 saturated heterocycles. The van der Waals surface area contributed by atoms with Gasteiger partial charge in [-0.15, -0.1) is 5.10 Å². The van der Waals surface area contributed by atoms with E-state index in [0.717, 1.165) is 5.69 Å². The van der Waals surface area contributed by atoms with Crippen molar-refractivity contribution < 1.29 is 13.6 Å². The number of aryl methyl sites for hydroxylation is 1. The maximum Gasteiger partial charge on any atom is 0.295 e. The third kappa shape index (κ3) is 3.45. The second-order valence-electron chi connectivity index (χ2n) is 4.59. The van der Waals surface area contributed by atoms with Crippen molar-refractivity contribution in [3.05, 3.63) is 48.0 Å². The second kappa shape index (κ2) is 6.29. The molecule has 0 bridgehead atoms. The van der Waals surface area contributed by atoms with Gasteiger partial charge in [-0.1, -0.05) is 11.8 Å². The molecule has 0 radical (unpaired) electrons. The lowest BCUT2D eigenvalue weighted by Gasteiger charge is -2.04. The first-order valence-corrected chi connectivity index (χ1v) is 7.45. The molecule has 118 valence electrons. The number of alkyl halides is 2. The normalized spacial score (nSPS) is 11.1. The number of amides is 1. The number of aromatic nitrogens is 4. The number of hydrogen-bond acceptors (Lipinski definition) is 5. The van der Waals surface area contributed by atoms with E-state index in [1.165, 1.54) is 16.6 Å². The van der Waals surface area contributed by atoms with E-state index in [9.17, 15) is 13.6 Å². The van der Waals surface area contributed by atoms with Crippen molar-refractivity contribution in [2.45, 2.75) is 17.6 Å². The Morgan fingerprint density at radius 1 is 1.26 bits per heavy atom. The van der Waals surface area contributed by atoms with Crippen LogP contribution in [0.3, 0.4) is 0 Å². The highest BCUT2D eigenvalue weighted by Gasteiger charge is 2.14. The molecular weight excluding hydrogens is 324 g/mol. The first kappa shape index (κ1) is 15.3. The van der Waals surface area contributed by atoms with Gasteiger partial charge in [-0.3, -0.25) is 4.79 Å². The molecule has 1 N–H and O–H groups in total. The highest BCUT2D eigenvalue weighted by atomic mass is 32.2. The highest BCUT2D eigenvalue weighted by Crippen LogP contribution is 2.26. The first-order chi connectivity index (χ1) is 11.0. The summed E-state index contributed by atoms with van der Waals surface area (Å²) >= 11 is 0.445. The summed E-state index contributed by atoms with van der Waals surface area (Å²) in [6, 6.07) is 7.86. The Kier molecular flexibility index (Phi) is 4.20. The molecular formula is C14H11F2N5OS. The second-order valence-corrected chi connectivity index (χ2v) is 5.65. The molecule has 2 heterocycles. The molecule has 0 aliphatic rings. The maximum absolute atomic E-state index is 12.3.